The minimum atomic E-state index is -4.99. The van der Waals surface area contributed by atoms with E-state index in [0.717, 1.165) is 20.1 Å². The Balaban J connectivity index is 2.37. The number of hydrogen-bond acceptors (Lipinski definition) is 5. The lowest BCUT2D eigenvalue weighted by atomic mass is 10.1. The van der Waals surface area contributed by atoms with E-state index in [1.54, 1.807) is 6.07 Å². The van der Waals surface area contributed by atoms with Gasteiger partial charge in [-0.3, -0.25) is 4.79 Å². The van der Waals surface area contributed by atoms with Crippen molar-refractivity contribution >= 4 is 23.3 Å². The van der Waals surface area contributed by atoms with Crippen molar-refractivity contribution in [2.24, 2.45) is 0 Å². The van der Waals surface area contributed by atoms with Gasteiger partial charge in [0.1, 0.15) is 0 Å². The van der Waals surface area contributed by atoms with E-state index in [-0.39, 0.29) is 17.9 Å². The van der Waals surface area contributed by atoms with E-state index in [9.17, 15) is 22.8 Å². The third-order valence-electron chi connectivity index (χ3n) is 4.42. The molecule has 1 aromatic rings. The van der Waals surface area contributed by atoms with Crippen LogP contribution in [0.5, 0.6) is 0 Å². The van der Waals surface area contributed by atoms with Crippen molar-refractivity contribution in [1.82, 2.24) is 4.90 Å². The van der Waals surface area contributed by atoms with Crippen LogP contribution < -0.4 is 9.80 Å². The number of carbonyl (C=O) groups excluding carboxylic acids is 2. The Kier molecular flexibility index (Phi) is 6.69. The zero-order chi connectivity index (χ0) is 20.2. The first-order valence-corrected chi connectivity index (χ1v) is 8.74. The van der Waals surface area contributed by atoms with Crippen LogP contribution in [0.4, 0.5) is 24.5 Å². The summed E-state index contributed by atoms with van der Waals surface area (Å²) in [5.41, 5.74) is 0.742. The van der Waals surface area contributed by atoms with Crippen LogP contribution in [0.15, 0.2) is 18.2 Å². The van der Waals surface area contributed by atoms with Crippen LogP contribution in [0, 0.1) is 0 Å². The predicted octanol–water partition coefficient (Wildman–Crippen LogP) is 2.53. The number of rotatable bonds is 5. The van der Waals surface area contributed by atoms with E-state index in [1.807, 2.05) is 18.9 Å². The molecule has 0 N–H and O–H groups in total. The number of piperazine rings is 1. The highest BCUT2D eigenvalue weighted by Crippen LogP contribution is 2.29. The van der Waals surface area contributed by atoms with E-state index in [4.69, 9.17) is 4.74 Å². The Labute approximate surface area is 156 Å². The van der Waals surface area contributed by atoms with Crippen LogP contribution in [0.2, 0.25) is 0 Å². The lowest BCUT2D eigenvalue weighted by molar-refractivity contribution is -0.170. The van der Waals surface area contributed by atoms with Crippen LogP contribution in [0.1, 0.15) is 23.7 Å². The SMILES string of the molecule is CCCOC(=O)c1cc(N(C)C(=O)C(F)(F)F)ccc1N1CCN(C)CC1. The summed E-state index contributed by atoms with van der Waals surface area (Å²) >= 11 is 0. The molecule has 1 aromatic carbocycles. The summed E-state index contributed by atoms with van der Waals surface area (Å²) in [5.74, 6) is -2.61. The number of amides is 1. The van der Waals surface area contributed by atoms with Crippen LogP contribution >= 0.6 is 0 Å². The number of ether oxygens (including phenoxy) is 1. The molecular formula is C18H24F3N3O3. The van der Waals surface area contributed by atoms with Crippen molar-refractivity contribution in [2.75, 3.05) is 56.7 Å². The number of carbonyl (C=O) groups is 2. The highest BCUT2D eigenvalue weighted by atomic mass is 19.4. The minimum Gasteiger partial charge on any atom is -0.462 e. The molecule has 27 heavy (non-hydrogen) atoms. The highest BCUT2D eigenvalue weighted by molar-refractivity contribution is 6.01. The molecule has 0 unspecified atom stereocenters. The monoisotopic (exact) mass is 387 g/mol. The molecule has 0 saturated carbocycles. The number of alkyl halides is 3. The average molecular weight is 387 g/mol. The van der Waals surface area contributed by atoms with E-state index in [0.29, 0.717) is 30.1 Å². The summed E-state index contributed by atoms with van der Waals surface area (Å²) in [5, 5.41) is 0. The number of halogens is 3. The summed E-state index contributed by atoms with van der Waals surface area (Å²) in [6.45, 7) is 5.03. The van der Waals surface area contributed by atoms with Crippen LogP contribution in [-0.4, -0.2) is 69.8 Å². The van der Waals surface area contributed by atoms with Gasteiger partial charge in [-0.1, -0.05) is 6.92 Å². The van der Waals surface area contributed by atoms with Gasteiger partial charge >= 0.3 is 18.1 Å². The maximum atomic E-state index is 12.7. The van der Waals surface area contributed by atoms with Crippen molar-refractivity contribution in [3.63, 3.8) is 0 Å². The molecule has 0 radical (unpaired) electrons. The molecule has 9 heteroatoms. The van der Waals surface area contributed by atoms with Crippen molar-refractivity contribution in [2.45, 2.75) is 19.5 Å². The van der Waals surface area contributed by atoms with Crippen LogP contribution in [0.25, 0.3) is 0 Å². The molecule has 6 nitrogen and oxygen atoms in total. The molecule has 0 atom stereocenters. The highest BCUT2D eigenvalue weighted by Gasteiger charge is 2.42. The molecule has 1 fully saturated rings. The molecule has 1 aliphatic heterocycles. The van der Waals surface area contributed by atoms with E-state index in [2.05, 4.69) is 4.90 Å². The summed E-state index contributed by atoms with van der Waals surface area (Å²) in [7, 11) is 3.02. The topological polar surface area (TPSA) is 53.1 Å². The number of nitrogens with zero attached hydrogens (tertiary/aromatic N) is 3. The molecule has 150 valence electrons. The first-order chi connectivity index (χ1) is 12.6. The number of benzene rings is 1. The van der Waals surface area contributed by atoms with E-state index in [1.165, 1.54) is 12.1 Å². The fourth-order valence-electron chi connectivity index (χ4n) is 2.80. The zero-order valence-electron chi connectivity index (χ0n) is 15.7. The number of likely N-dealkylation sites (N-methyl/N-ethyl adjacent to an activating group) is 1. The van der Waals surface area contributed by atoms with Crippen LogP contribution in [-0.2, 0) is 9.53 Å². The normalized spacial score (nSPS) is 15.6. The third kappa shape index (κ3) is 5.12. The molecule has 0 aromatic heterocycles. The molecular weight excluding hydrogens is 363 g/mol. The molecule has 1 amide bonds. The Morgan fingerprint density at radius 3 is 2.37 bits per heavy atom. The Morgan fingerprint density at radius 1 is 1.19 bits per heavy atom. The number of hydrogen-bond donors (Lipinski definition) is 0. The first-order valence-electron chi connectivity index (χ1n) is 8.74. The maximum absolute atomic E-state index is 12.7. The predicted molar refractivity (Wildman–Crippen MR) is 96.2 cm³/mol. The van der Waals surface area contributed by atoms with E-state index >= 15 is 0 Å². The minimum absolute atomic E-state index is 0.0151. The Hall–Kier alpha value is -2.29. The maximum Gasteiger partial charge on any atom is 0.471 e. The molecule has 2 rings (SSSR count). The van der Waals surface area contributed by atoms with Gasteiger partial charge in [0.15, 0.2) is 0 Å². The van der Waals surface area contributed by atoms with E-state index < -0.39 is 18.1 Å². The largest absolute Gasteiger partial charge is 0.471 e. The summed E-state index contributed by atoms with van der Waals surface area (Å²) in [6.07, 6.45) is -4.37. The molecule has 1 heterocycles. The number of anilines is 2. The Morgan fingerprint density at radius 2 is 1.81 bits per heavy atom. The van der Waals surface area contributed by atoms with Crippen LogP contribution in [0.3, 0.4) is 0 Å². The van der Waals surface area contributed by atoms with Gasteiger partial charge in [0.2, 0.25) is 0 Å². The molecule has 0 spiro atoms. The van der Waals surface area contributed by atoms with Gasteiger partial charge in [0, 0.05) is 38.9 Å². The second kappa shape index (κ2) is 8.60. The molecule has 0 bridgehead atoms. The van der Waals surface area contributed by atoms with Gasteiger partial charge in [-0.2, -0.15) is 13.2 Å². The average Bonchev–Trinajstić information content (AvgIpc) is 2.64. The Bertz CT molecular complexity index is 686. The van der Waals surface area contributed by atoms with Crippen molar-refractivity contribution in [1.29, 1.82) is 0 Å². The lowest BCUT2D eigenvalue weighted by Crippen LogP contribution is -2.45. The third-order valence-corrected chi connectivity index (χ3v) is 4.42. The first kappa shape index (κ1) is 21.0. The fraction of sp³-hybridized carbons (Fsp3) is 0.556. The van der Waals surface area contributed by atoms with Gasteiger partial charge in [0.05, 0.1) is 17.9 Å². The number of esters is 1. The fourth-order valence-corrected chi connectivity index (χ4v) is 2.80. The van der Waals surface area contributed by atoms with Gasteiger partial charge in [-0.15, -0.1) is 0 Å². The molecule has 0 aliphatic carbocycles. The summed E-state index contributed by atoms with van der Waals surface area (Å²) in [6, 6.07) is 4.27. The lowest BCUT2D eigenvalue weighted by Gasteiger charge is -2.35. The molecule has 1 saturated heterocycles. The standard InChI is InChI=1S/C18H24F3N3O3/c1-4-11-27-16(25)14-12-13(23(3)17(26)18(19,20)21)5-6-15(14)24-9-7-22(2)8-10-24/h5-6,12H,4,7-11H2,1-3H3. The van der Waals surface area contributed by atoms with Crippen molar-refractivity contribution < 1.29 is 27.5 Å². The van der Waals surface area contributed by atoms with Crippen molar-refractivity contribution in [3.8, 4) is 0 Å². The second-order valence-corrected chi connectivity index (χ2v) is 6.49. The summed E-state index contributed by atoms with van der Waals surface area (Å²) in [4.78, 5) is 28.6. The summed E-state index contributed by atoms with van der Waals surface area (Å²) < 4.78 is 43.4. The molecule has 1 aliphatic rings. The van der Waals surface area contributed by atoms with Gasteiger partial charge in [-0.25, -0.2) is 4.79 Å². The smallest absolute Gasteiger partial charge is 0.462 e. The second-order valence-electron chi connectivity index (χ2n) is 6.49. The van der Waals surface area contributed by atoms with Gasteiger partial charge < -0.3 is 19.4 Å². The van der Waals surface area contributed by atoms with Gasteiger partial charge in [0.25, 0.3) is 0 Å². The zero-order valence-corrected chi connectivity index (χ0v) is 15.7. The van der Waals surface area contributed by atoms with Gasteiger partial charge in [-0.05, 0) is 31.7 Å². The quantitative estimate of drug-likeness (QED) is 0.727. The van der Waals surface area contributed by atoms with Crippen molar-refractivity contribution in [3.05, 3.63) is 23.8 Å².